The number of nitrogens with zero attached hydrogens (tertiary/aromatic N) is 3. The molecule has 0 unspecified atom stereocenters. The van der Waals surface area contributed by atoms with Crippen molar-refractivity contribution in [3.63, 3.8) is 0 Å². The molecule has 362 valence electrons. The van der Waals surface area contributed by atoms with Crippen LogP contribution in [-0.2, 0) is 21.7 Å². The number of aromatic nitrogens is 3. The van der Waals surface area contributed by atoms with Gasteiger partial charge in [-0.15, -0.1) is 0 Å². The van der Waals surface area contributed by atoms with Gasteiger partial charge in [-0.2, -0.15) is 0 Å². The third kappa shape index (κ3) is 7.87. The van der Waals surface area contributed by atoms with E-state index in [4.69, 9.17) is 0 Å². The lowest BCUT2D eigenvalue weighted by atomic mass is 9.85. The molecule has 0 bridgehead atoms. The molecular formula is C70H67N3. The summed E-state index contributed by atoms with van der Waals surface area (Å²) in [7, 11) is 0. The molecule has 0 saturated heterocycles. The Morgan fingerprint density at radius 1 is 0.219 bits per heavy atom. The van der Waals surface area contributed by atoms with Crippen molar-refractivity contribution in [2.45, 2.75) is 105 Å². The lowest BCUT2D eigenvalue weighted by molar-refractivity contribution is 0.590. The highest BCUT2D eigenvalue weighted by atomic mass is 15.0. The van der Waals surface area contributed by atoms with Crippen LogP contribution in [0.2, 0.25) is 0 Å². The minimum absolute atomic E-state index is 0.0219. The molecule has 12 aromatic rings. The summed E-state index contributed by atoms with van der Waals surface area (Å²) in [5.74, 6) is 0. The van der Waals surface area contributed by atoms with Crippen LogP contribution in [0.5, 0.6) is 0 Å². The van der Waals surface area contributed by atoms with E-state index < -0.39 is 0 Å². The van der Waals surface area contributed by atoms with Crippen molar-refractivity contribution in [1.29, 1.82) is 0 Å². The van der Waals surface area contributed by atoms with E-state index in [-0.39, 0.29) is 21.7 Å². The van der Waals surface area contributed by atoms with Gasteiger partial charge in [0.15, 0.2) is 0 Å². The predicted molar refractivity (Wildman–Crippen MR) is 315 cm³/mol. The maximum Gasteiger partial charge on any atom is 0.0561 e. The molecule has 12 rings (SSSR count). The summed E-state index contributed by atoms with van der Waals surface area (Å²) in [6.07, 6.45) is 0. The van der Waals surface area contributed by atoms with Crippen LogP contribution in [-0.4, -0.2) is 13.7 Å². The molecule has 0 saturated carbocycles. The lowest BCUT2D eigenvalue weighted by Gasteiger charge is -2.19. The van der Waals surface area contributed by atoms with Crippen LogP contribution in [0.15, 0.2) is 188 Å². The highest BCUT2D eigenvalue weighted by molar-refractivity contribution is 6.14. The summed E-state index contributed by atoms with van der Waals surface area (Å²) in [6, 6.07) is 71.5. The van der Waals surface area contributed by atoms with Gasteiger partial charge in [0.25, 0.3) is 0 Å². The van der Waals surface area contributed by atoms with Gasteiger partial charge in [-0.25, -0.2) is 0 Å². The normalized spacial score (nSPS) is 12.9. The van der Waals surface area contributed by atoms with Crippen molar-refractivity contribution in [3.8, 4) is 39.3 Å². The lowest BCUT2D eigenvalue weighted by Crippen LogP contribution is -2.10. The minimum atomic E-state index is 0.0219. The second-order valence-corrected chi connectivity index (χ2v) is 24.8. The Hall–Kier alpha value is -7.62. The zero-order valence-electron chi connectivity index (χ0n) is 44.7. The van der Waals surface area contributed by atoms with Crippen LogP contribution >= 0.6 is 0 Å². The summed E-state index contributed by atoms with van der Waals surface area (Å²) in [4.78, 5) is 0. The molecule has 9 aromatic carbocycles. The first-order chi connectivity index (χ1) is 34.7. The van der Waals surface area contributed by atoms with E-state index in [0.717, 1.165) is 17.1 Å². The van der Waals surface area contributed by atoms with Gasteiger partial charge in [0.05, 0.1) is 33.1 Å². The fourth-order valence-electron chi connectivity index (χ4n) is 11.3. The first kappa shape index (κ1) is 46.5. The highest BCUT2D eigenvalue weighted by Gasteiger charge is 2.25. The maximum absolute atomic E-state index is 2.51. The quantitative estimate of drug-likeness (QED) is 0.163. The van der Waals surface area contributed by atoms with Gasteiger partial charge < -0.3 is 13.7 Å². The molecule has 0 spiro atoms. The monoisotopic (exact) mass is 950 g/mol. The van der Waals surface area contributed by atoms with Crippen molar-refractivity contribution in [2.24, 2.45) is 0 Å². The average molecular weight is 950 g/mol. The summed E-state index contributed by atoms with van der Waals surface area (Å²) < 4.78 is 7.50. The van der Waals surface area contributed by atoms with Gasteiger partial charge in [0.2, 0.25) is 0 Å². The van der Waals surface area contributed by atoms with E-state index >= 15 is 0 Å². The number of rotatable bonds is 5. The molecule has 3 aromatic heterocycles. The first-order valence-corrected chi connectivity index (χ1v) is 26.2. The fraction of sp³-hybridized carbons (Fsp3) is 0.229. The summed E-state index contributed by atoms with van der Waals surface area (Å²) in [5, 5.41) is 7.62. The van der Waals surface area contributed by atoms with Gasteiger partial charge in [0.1, 0.15) is 0 Å². The molecular weight excluding hydrogens is 883 g/mol. The second kappa shape index (κ2) is 16.5. The standard InChI is InChI=1S/C70H67N3/c1-67(2,3)48-24-34-61-57(38-48)58-39-49(68(4,5)6)25-35-62(58)72(61)53-30-32-55-56-33-31-54(73-63-36-26-50(69(7,8)9)40-59(63)60-41-51(70(10,11)12)27-37-64(60)73)43-66(56)71(65(55)42-53)52-28-22-47(23-29-52)46-20-18-45(19-21-46)44-16-14-13-15-17-44/h13-43H,1-12H3. The predicted octanol–water partition coefficient (Wildman–Crippen LogP) is 19.5. The second-order valence-electron chi connectivity index (χ2n) is 24.8. The minimum Gasteiger partial charge on any atom is -0.309 e. The average Bonchev–Trinajstić information content (AvgIpc) is 4.00. The first-order valence-electron chi connectivity index (χ1n) is 26.2. The molecule has 73 heavy (non-hydrogen) atoms. The van der Waals surface area contributed by atoms with Crippen LogP contribution in [0.1, 0.15) is 105 Å². The largest absolute Gasteiger partial charge is 0.309 e. The smallest absolute Gasteiger partial charge is 0.0561 e. The summed E-state index contributed by atoms with van der Waals surface area (Å²) in [6.45, 7) is 27.8. The molecule has 0 atom stereocenters. The zero-order valence-corrected chi connectivity index (χ0v) is 44.7. The number of hydrogen-bond acceptors (Lipinski definition) is 0. The van der Waals surface area contributed by atoms with Gasteiger partial charge in [-0.3, -0.25) is 0 Å². The van der Waals surface area contributed by atoms with Crippen LogP contribution in [0.3, 0.4) is 0 Å². The molecule has 3 heterocycles. The van der Waals surface area contributed by atoms with Crippen molar-refractivity contribution >= 4 is 65.4 Å². The van der Waals surface area contributed by atoms with E-state index in [1.807, 2.05) is 0 Å². The molecule has 0 amide bonds. The third-order valence-electron chi connectivity index (χ3n) is 15.7. The van der Waals surface area contributed by atoms with E-state index in [9.17, 15) is 0 Å². The van der Waals surface area contributed by atoms with Crippen LogP contribution in [0.25, 0.3) is 105 Å². The van der Waals surface area contributed by atoms with E-state index in [1.54, 1.807) is 0 Å². The van der Waals surface area contributed by atoms with Crippen molar-refractivity contribution in [2.75, 3.05) is 0 Å². The Bertz CT molecular complexity index is 3770. The van der Waals surface area contributed by atoms with Gasteiger partial charge in [-0.05, 0) is 151 Å². The Balaban J connectivity index is 1.09. The van der Waals surface area contributed by atoms with Gasteiger partial charge >= 0.3 is 0 Å². The molecule has 0 aliphatic carbocycles. The van der Waals surface area contributed by atoms with Crippen LogP contribution in [0, 0.1) is 0 Å². The Labute approximate surface area is 431 Å². The van der Waals surface area contributed by atoms with Gasteiger partial charge in [-0.1, -0.05) is 186 Å². The van der Waals surface area contributed by atoms with Crippen molar-refractivity contribution in [1.82, 2.24) is 13.7 Å². The molecule has 0 aliphatic heterocycles. The Morgan fingerprint density at radius 2 is 0.493 bits per heavy atom. The number of hydrogen-bond donors (Lipinski definition) is 0. The fourth-order valence-corrected chi connectivity index (χ4v) is 11.3. The van der Waals surface area contributed by atoms with Crippen molar-refractivity contribution < 1.29 is 0 Å². The Morgan fingerprint density at radius 3 is 0.808 bits per heavy atom. The number of fused-ring (bicyclic) bond motifs is 9. The van der Waals surface area contributed by atoms with Crippen LogP contribution < -0.4 is 0 Å². The van der Waals surface area contributed by atoms with Crippen molar-refractivity contribution in [3.05, 3.63) is 210 Å². The highest BCUT2D eigenvalue weighted by Crippen LogP contribution is 2.43. The maximum atomic E-state index is 2.51. The van der Waals surface area contributed by atoms with Gasteiger partial charge in [0, 0.05) is 49.4 Å². The van der Waals surface area contributed by atoms with E-state index in [0.29, 0.717) is 0 Å². The molecule has 0 fully saturated rings. The van der Waals surface area contributed by atoms with Crippen LogP contribution in [0.4, 0.5) is 0 Å². The topological polar surface area (TPSA) is 14.8 Å². The summed E-state index contributed by atoms with van der Waals surface area (Å²) >= 11 is 0. The Kier molecular flexibility index (Phi) is 10.5. The molecule has 3 nitrogen and oxygen atoms in total. The SMILES string of the molecule is CC(C)(C)c1ccc2c(c1)c1cc(C(C)(C)C)ccc1n2-c1ccc2c3ccc(-n4c5ccc(C(C)(C)C)cc5c5cc(C(C)(C)C)ccc54)cc3n(-c3ccc(-c4ccc(-c5ccccc5)cc4)cc3)c2c1. The zero-order chi connectivity index (χ0) is 50.9. The van der Waals surface area contributed by atoms with E-state index in [1.165, 1.54) is 110 Å². The summed E-state index contributed by atoms with van der Waals surface area (Å²) in [5.41, 5.74) is 20.9. The molecule has 0 radical (unpaired) electrons. The number of benzene rings is 9. The molecule has 0 N–H and O–H groups in total. The molecule has 0 aliphatic rings. The van der Waals surface area contributed by atoms with E-state index in [2.05, 4.69) is 285 Å². The molecule has 3 heteroatoms. The third-order valence-corrected chi connectivity index (χ3v) is 15.7.